The molecule has 2 saturated heterocycles. The van der Waals surface area contributed by atoms with E-state index in [-0.39, 0.29) is 37.0 Å². The molecule has 2 aliphatic rings. The second kappa shape index (κ2) is 3.98. The molecule has 0 spiro atoms. The first-order valence-electron chi connectivity index (χ1n) is 5.53. The molecule has 2 rings (SSSR count). The first kappa shape index (κ1) is 11.8. The minimum atomic E-state index is -0.582. The Labute approximate surface area is 95.0 Å². The Morgan fingerprint density at radius 1 is 1.31 bits per heavy atom. The summed E-state index contributed by atoms with van der Waals surface area (Å²) in [5.41, 5.74) is 0. The van der Waals surface area contributed by atoms with Gasteiger partial charge in [0.1, 0.15) is 24.9 Å². The lowest BCUT2D eigenvalue weighted by molar-refractivity contribution is -0.190. The standard InChI is InChI=1S/C11H18O5/c1-6-9-10(16-11(3,4)15-9)8(14-6)5-13-7(2)12/h6,8-10H,5H2,1-4H3/t6?,8-,9+,10-/m1/s1. The molecule has 0 aromatic heterocycles. The lowest BCUT2D eigenvalue weighted by atomic mass is 10.1. The van der Waals surface area contributed by atoms with Crippen LogP contribution in [0.5, 0.6) is 0 Å². The molecule has 1 unspecified atom stereocenters. The first-order chi connectivity index (χ1) is 7.39. The molecule has 4 atom stereocenters. The fourth-order valence-corrected chi connectivity index (χ4v) is 2.23. The van der Waals surface area contributed by atoms with E-state index in [0.717, 1.165) is 0 Å². The molecule has 0 aromatic rings. The van der Waals surface area contributed by atoms with Crippen molar-refractivity contribution in [1.82, 2.24) is 0 Å². The molecule has 0 bridgehead atoms. The number of hydrogen-bond acceptors (Lipinski definition) is 5. The van der Waals surface area contributed by atoms with Crippen LogP contribution in [0.25, 0.3) is 0 Å². The molecule has 0 aromatic carbocycles. The highest BCUT2D eigenvalue weighted by molar-refractivity contribution is 5.65. The van der Waals surface area contributed by atoms with Crippen molar-refractivity contribution in [3.8, 4) is 0 Å². The van der Waals surface area contributed by atoms with Crippen molar-refractivity contribution in [3.05, 3.63) is 0 Å². The van der Waals surface area contributed by atoms with Crippen LogP contribution in [0.1, 0.15) is 27.7 Å². The van der Waals surface area contributed by atoms with Gasteiger partial charge < -0.3 is 18.9 Å². The van der Waals surface area contributed by atoms with E-state index in [1.54, 1.807) is 0 Å². The average molecular weight is 230 g/mol. The number of carbonyl (C=O) groups excluding carboxylic acids is 1. The molecule has 2 aliphatic heterocycles. The van der Waals surface area contributed by atoms with Gasteiger partial charge in [0.25, 0.3) is 0 Å². The van der Waals surface area contributed by atoms with Crippen molar-refractivity contribution in [3.63, 3.8) is 0 Å². The normalized spacial score (nSPS) is 40.8. The van der Waals surface area contributed by atoms with Gasteiger partial charge in [-0.2, -0.15) is 0 Å². The van der Waals surface area contributed by atoms with Crippen molar-refractivity contribution in [2.75, 3.05) is 6.61 Å². The Morgan fingerprint density at radius 3 is 2.56 bits per heavy atom. The molecular formula is C11H18O5. The summed E-state index contributed by atoms with van der Waals surface area (Å²) in [5, 5.41) is 0. The molecule has 0 saturated carbocycles. The van der Waals surface area contributed by atoms with E-state index in [1.807, 2.05) is 20.8 Å². The van der Waals surface area contributed by atoms with Crippen molar-refractivity contribution in [2.24, 2.45) is 0 Å². The molecule has 2 fully saturated rings. The van der Waals surface area contributed by atoms with Gasteiger partial charge in [-0.1, -0.05) is 0 Å². The molecule has 0 radical (unpaired) electrons. The summed E-state index contributed by atoms with van der Waals surface area (Å²) in [5.74, 6) is -0.889. The Hall–Kier alpha value is -0.650. The highest BCUT2D eigenvalue weighted by Gasteiger charge is 2.53. The Morgan fingerprint density at radius 2 is 1.94 bits per heavy atom. The zero-order valence-electron chi connectivity index (χ0n) is 10.1. The summed E-state index contributed by atoms with van der Waals surface area (Å²) < 4.78 is 22.1. The van der Waals surface area contributed by atoms with Crippen LogP contribution >= 0.6 is 0 Å². The predicted octanol–water partition coefficient (Wildman–Crippen LogP) is 0.857. The molecular weight excluding hydrogens is 212 g/mol. The van der Waals surface area contributed by atoms with Crippen LogP contribution in [0.2, 0.25) is 0 Å². The number of esters is 1. The van der Waals surface area contributed by atoms with E-state index in [9.17, 15) is 4.79 Å². The van der Waals surface area contributed by atoms with E-state index < -0.39 is 5.79 Å². The molecule has 16 heavy (non-hydrogen) atoms. The van der Waals surface area contributed by atoms with Gasteiger partial charge >= 0.3 is 5.97 Å². The number of ether oxygens (including phenoxy) is 4. The Balaban J connectivity index is 1.99. The average Bonchev–Trinajstić information content (AvgIpc) is 2.59. The second-order valence-electron chi connectivity index (χ2n) is 4.75. The van der Waals surface area contributed by atoms with E-state index in [2.05, 4.69) is 0 Å². The van der Waals surface area contributed by atoms with Gasteiger partial charge in [0.2, 0.25) is 0 Å². The van der Waals surface area contributed by atoms with Crippen LogP contribution in [0.4, 0.5) is 0 Å². The minimum absolute atomic E-state index is 0.0349. The lowest BCUT2D eigenvalue weighted by Crippen LogP contribution is -2.33. The number of fused-ring (bicyclic) bond motifs is 1. The second-order valence-corrected chi connectivity index (χ2v) is 4.75. The summed E-state index contributed by atoms with van der Waals surface area (Å²) in [7, 11) is 0. The summed E-state index contributed by atoms with van der Waals surface area (Å²) in [4.78, 5) is 10.8. The Bertz CT molecular complexity index is 288. The van der Waals surface area contributed by atoms with Crippen molar-refractivity contribution < 1.29 is 23.7 Å². The van der Waals surface area contributed by atoms with Crippen LogP contribution in [0.15, 0.2) is 0 Å². The fraction of sp³-hybridized carbons (Fsp3) is 0.909. The van der Waals surface area contributed by atoms with Crippen molar-refractivity contribution >= 4 is 5.97 Å². The van der Waals surface area contributed by atoms with Gasteiger partial charge in [0, 0.05) is 6.92 Å². The third-order valence-corrected chi connectivity index (χ3v) is 2.83. The smallest absolute Gasteiger partial charge is 0.302 e. The van der Waals surface area contributed by atoms with Crippen molar-refractivity contribution in [2.45, 2.75) is 57.9 Å². The molecule has 5 nitrogen and oxygen atoms in total. The van der Waals surface area contributed by atoms with E-state index >= 15 is 0 Å². The number of rotatable bonds is 2. The van der Waals surface area contributed by atoms with Gasteiger partial charge in [0.05, 0.1) is 6.10 Å². The fourth-order valence-electron chi connectivity index (χ4n) is 2.23. The van der Waals surface area contributed by atoms with Gasteiger partial charge in [-0.3, -0.25) is 4.79 Å². The van der Waals surface area contributed by atoms with E-state index in [1.165, 1.54) is 6.92 Å². The largest absolute Gasteiger partial charge is 0.463 e. The number of hydrogen-bond donors (Lipinski definition) is 0. The van der Waals surface area contributed by atoms with Crippen LogP contribution < -0.4 is 0 Å². The first-order valence-corrected chi connectivity index (χ1v) is 5.53. The zero-order valence-corrected chi connectivity index (χ0v) is 10.1. The maximum atomic E-state index is 10.8. The third-order valence-electron chi connectivity index (χ3n) is 2.83. The summed E-state index contributed by atoms with van der Waals surface area (Å²) in [6, 6.07) is 0. The lowest BCUT2D eigenvalue weighted by Gasteiger charge is -2.22. The van der Waals surface area contributed by atoms with Gasteiger partial charge in [-0.25, -0.2) is 0 Å². The highest BCUT2D eigenvalue weighted by Crippen LogP contribution is 2.38. The summed E-state index contributed by atoms with van der Waals surface area (Å²) in [6.07, 6.45) is -0.488. The molecule has 0 aliphatic carbocycles. The highest BCUT2D eigenvalue weighted by atomic mass is 16.8. The molecule has 5 heteroatoms. The van der Waals surface area contributed by atoms with Crippen molar-refractivity contribution in [1.29, 1.82) is 0 Å². The van der Waals surface area contributed by atoms with Gasteiger partial charge in [-0.05, 0) is 20.8 Å². The SMILES string of the molecule is CC(=O)OC[C@H]1OC(C)[C@@H]2OC(C)(C)O[C@H]12. The maximum Gasteiger partial charge on any atom is 0.302 e. The topological polar surface area (TPSA) is 54.0 Å². The van der Waals surface area contributed by atoms with Gasteiger partial charge in [-0.15, -0.1) is 0 Å². The Kier molecular flexibility index (Phi) is 2.94. The van der Waals surface area contributed by atoms with Crippen LogP contribution in [-0.2, 0) is 23.7 Å². The number of carbonyl (C=O) groups is 1. The summed E-state index contributed by atoms with van der Waals surface area (Å²) >= 11 is 0. The monoisotopic (exact) mass is 230 g/mol. The van der Waals surface area contributed by atoms with E-state index in [0.29, 0.717) is 0 Å². The molecule has 0 amide bonds. The van der Waals surface area contributed by atoms with Gasteiger partial charge in [0.15, 0.2) is 5.79 Å². The third kappa shape index (κ3) is 2.21. The predicted molar refractivity (Wildman–Crippen MR) is 54.8 cm³/mol. The van der Waals surface area contributed by atoms with E-state index in [4.69, 9.17) is 18.9 Å². The summed E-state index contributed by atoms with van der Waals surface area (Å²) in [6.45, 7) is 7.30. The minimum Gasteiger partial charge on any atom is -0.463 e. The van der Waals surface area contributed by atoms with Crippen LogP contribution in [0, 0.1) is 0 Å². The zero-order chi connectivity index (χ0) is 11.9. The maximum absolute atomic E-state index is 10.8. The molecule has 0 N–H and O–H groups in total. The van der Waals surface area contributed by atoms with Crippen LogP contribution in [0.3, 0.4) is 0 Å². The molecule has 2 heterocycles. The quantitative estimate of drug-likeness (QED) is 0.658. The van der Waals surface area contributed by atoms with Crippen LogP contribution in [-0.4, -0.2) is 42.8 Å². The molecule has 92 valence electrons.